The van der Waals surface area contributed by atoms with Gasteiger partial charge in [0, 0.05) is 0 Å². The third-order valence-corrected chi connectivity index (χ3v) is 9.09. The number of rotatable bonds is 28. The van der Waals surface area contributed by atoms with Crippen molar-refractivity contribution in [3.63, 3.8) is 0 Å². The average Bonchev–Trinajstić information content (AvgIpc) is 2.92. The lowest BCUT2D eigenvalue weighted by molar-refractivity contribution is 0.306. The third-order valence-electron chi connectivity index (χ3n) is 7.77. The van der Waals surface area contributed by atoms with Crippen molar-refractivity contribution in [3.8, 4) is 0 Å². The SMILES string of the molecule is CCCCCCCCCCCCCCCCOS(=O)(=O)c1ccc(CCCCCCCCCCCC)cc1. The molecule has 0 spiro atoms. The molecule has 4 heteroatoms. The van der Waals surface area contributed by atoms with Crippen LogP contribution in [0.2, 0.25) is 0 Å². The van der Waals surface area contributed by atoms with Crippen LogP contribution in [0.15, 0.2) is 29.2 Å². The molecular weight excluding hydrogens is 488 g/mol. The number of benzene rings is 1. The summed E-state index contributed by atoms with van der Waals surface area (Å²) < 4.78 is 30.3. The molecule has 0 saturated carbocycles. The minimum atomic E-state index is -3.64. The van der Waals surface area contributed by atoms with Crippen LogP contribution < -0.4 is 0 Å². The van der Waals surface area contributed by atoms with E-state index < -0.39 is 10.1 Å². The van der Waals surface area contributed by atoms with E-state index in [0.717, 1.165) is 19.3 Å². The molecule has 0 saturated heterocycles. The van der Waals surface area contributed by atoms with E-state index in [-0.39, 0.29) is 4.90 Å². The third kappa shape index (κ3) is 20.1. The van der Waals surface area contributed by atoms with Crippen LogP contribution in [0.5, 0.6) is 0 Å². The highest BCUT2D eigenvalue weighted by Crippen LogP contribution is 2.18. The number of unbranched alkanes of at least 4 members (excludes halogenated alkanes) is 22. The molecule has 0 atom stereocenters. The van der Waals surface area contributed by atoms with E-state index in [1.807, 2.05) is 12.1 Å². The average molecular weight is 551 g/mol. The zero-order chi connectivity index (χ0) is 27.6. The van der Waals surface area contributed by atoms with Gasteiger partial charge in [-0.05, 0) is 37.0 Å². The zero-order valence-electron chi connectivity index (χ0n) is 25.3. The van der Waals surface area contributed by atoms with Gasteiger partial charge in [-0.3, -0.25) is 4.18 Å². The van der Waals surface area contributed by atoms with Crippen LogP contribution >= 0.6 is 0 Å². The van der Waals surface area contributed by atoms with Gasteiger partial charge in [0.1, 0.15) is 0 Å². The summed E-state index contributed by atoms with van der Waals surface area (Å²) in [4.78, 5) is 0.287. The second-order valence-corrected chi connectivity index (χ2v) is 13.1. The molecule has 0 aliphatic carbocycles. The molecule has 1 aromatic carbocycles. The van der Waals surface area contributed by atoms with Crippen molar-refractivity contribution in [1.29, 1.82) is 0 Å². The summed E-state index contributed by atoms with van der Waals surface area (Å²) in [6, 6.07) is 7.34. The minimum absolute atomic E-state index is 0.287. The van der Waals surface area contributed by atoms with Crippen molar-refractivity contribution in [2.45, 2.75) is 179 Å². The van der Waals surface area contributed by atoms with E-state index in [1.165, 1.54) is 147 Å². The van der Waals surface area contributed by atoms with Crippen LogP contribution in [0.1, 0.15) is 174 Å². The van der Waals surface area contributed by atoms with Gasteiger partial charge in [0.25, 0.3) is 10.1 Å². The van der Waals surface area contributed by atoms with Crippen molar-refractivity contribution >= 4 is 10.1 Å². The van der Waals surface area contributed by atoms with Crippen molar-refractivity contribution in [2.24, 2.45) is 0 Å². The predicted molar refractivity (Wildman–Crippen MR) is 165 cm³/mol. The summed E-state index contributed by atoms with van der Waals surface area (Å²) in [5.41, 5.74) is 1.22. The Balaban J connectivity index is 2.01. The lowest BCUT2D eigenvalue weighted by Crippen LogP contribution is -2.07. The summed E-state index contributed by atoms with van der Waals surface area (Å²) in [5.74, 6) is 0. The van der Waals surface area contributed by atoms with Gasteiger partial charge in [-0.25, -0.2) is 0 Å². The van der Waals surface area contributed by atoms with E-state index in [4.69, 9.17) is 4.18 Å². The first-order valence-electron chi connectivity index (χ1n) is 16.6. The molecule has 0 aliphatic rings. The molecule has 3 nitrogen and oxygen atoms in total. The molecule has 0 bridgehead atoms. The molecule has 0 aromatic heterocycles. The Kier molecular flexibility index (Phi) is 23.2. The minimum Gasteiger partial charge on any atom is -0.266 e. The van der Waals surface area contributed by atoms with Crippen LogP contribution in [0.4, 0.5) is 0 Å². The fourth-order valence-corrected chi connectivity index (χ4v) is 6.12. The topological polar surface area (TPSA) is 43.4 Å². The van der Waals surface area contributed by atoms with Crippen molar-refractivity contribution in [1.82, 2.24) is 0 Å². The molecule has 1 aromatic rings. The fraction of sp³-hybridized carbons (Fsp3) is 0.824. The van der Waals surface area contributed by atoms with Crippen LogP contribution in [0, 0.1) is 0 Å². The van der Waals surface area contributed by atoms with Crippen LogP contribution in [0.3, 0.4) is 0 Å². The van der Waals surface area contributed by atoms with E-state index in [2.05, 4.69) is 13.8 Å². The Bertz CT molecular complexity index is 727. The highest BCUT2D eigenvalue weighted by atomic mass is 32.2. The van der Waals surface area contributed by atoms with Gasteiger partial charge >= 0.3 is 0 Å². The van der Waals surface area contributed by atoms with E-state index in [9.17, 15) is 8.42 Å². The molecule has 1 rings (SSSR count). The molecule has 0 fully saturated rings. The van der Waals surface area contributed by atoms with Gasteiger partial charge in [0.05, 0.1) is 11.5 Å². The zero-order valence-corrected chi connectivity index (χ0v) is 26.1. The van der Waals surface area contributed by atoms with Crippen molar-refractivity contribution in [2.75, 3.05) is 6.61 Å². The molecule has 0 amide bonds. The molecule has 0 aliphatic heterocycles. The normalized spacial score (nSPS) is 11.8. The van der Waals surface area contributed by atoms with Gasteiger partial charge in [-0.1, -0.05) is 167 Å². The number of hydrogen-bond donors (Lipinski definition) is 0. The molecule has 0 unspecified atom stereocenters. The van der Waals surface area contributed by atoms with Crippen LogP contribution in [-0.4, -0.2) is 15.0 Å². The fourth-order valence-electron chi connectivity index (χ4n) is 5.17. The first-order chi connectivity index (χ1) is 18.6. The number of aryl methyl sites for hydroxylation is 1. The Morgan fingerprint density at radius 2 is 0.816 bits per heavy atom. The summed E-state index contributed by atoms with van der Waals surface area (Å²) >= 11 is 0. The summed E-state index contributed by atoms with van der Waals surface area (Å²) in [6.45, 7) is 4.83. The van der Waals surface area contributed by atoms with Crippen LogP contribution in [-0.2, 0) is 20.7 Å². The maximum Gasteiger partial charge on any atom is 0.296 e. The Morgan fingerprint density at radius 3 is 1.21 bits per heavy atom. The molecule has 222 valence electrons. The maximum atomic E-state index is 12.5. The Labute approximate surface area is 238 Å². The Morgan fingerprint density at radius 1 is 0.474 bits per heavy atom. The largest absolute Gasteiger partial charge is 0.296 e. The van der Waals surface area contributed by atoms with Gasteiger partial charge in [-0.2, -0.15) is 8.42 Å². The summed E-state index contributed by atoms with van der Waals surface area (Å²) in [6.07, 6.45) is 32.4. The highest BCUT2D eigenvalue weighted by molar-refractivity contribution is 7.86. The summed E-state index contributed by atoms with van der Waals surface area (Å²) in [7, 11) is -3.64. The first kappa shape index (κ1) is 35.2. The molecule has 38 heavy (non-hydrogen) atoms. The highest BCUT2D eigenvalue weighted by Gasteiger charge is 2.14. The second kappa shape index (κ2) is 25.1. The van der Waals surface area contributed by atoms with Gasteiger partial charge < -0.3 is 0 Å². The van der Waals surface area contributed by atoms with Crippen molar-refractivity contribution in [3.05, 3.63) is 29.8 Å². The van der Waals surface area contributed by atoms with Crippen LogP contribution in [0.25, 0.3) is 0 Å². The second-order valence-electron chi connectivity index (χ2n) is 11.4. The quantitative estimate of drug-likeness (QED) is 0.0769. The van der Waals surface area contributed by atoms with Gasteiger partial charge in [0.2, 0.25) is 0 Å². The molecule has 0 N–H and O–H groups in total. The van der Waals surface area contributed by atoms with Gasteiger partial charge in [-0.15, -0.1) is 0 Å². The first-order valence-corrected chi connectivity index (χ1v) is 18.0. The standard InChI is InChI=1S/C34H62O3S/c1-3-5-7-9-11-13-15-16-17-18-20-22-24-26-32-37-38(35,36)34-30-28-33(29-31-34)27-25-23-21-19-14-12-10-8-6-4-2/h28-31H,3-27,32H2,1-2H3. The molecular formula is C34H62O3S. The number of hydrogen-bond acceptors (Lipinski definition) is 3. The monoisotopic (exact) mass is 550 g/mol. The van der Waals surface area contributed by atoms with E-state index >= 15 is 0 Å². The maximum absolute atomic E-state index is 12.5. The summed E-state index contributed by atoms with van der Waals surface area (Å²) in [5, 5.41) is 0. The lowest BCUT2D eigenvalue weighted by Gasteiger charge is -2.07. The predicted octanol–water partition coefficient (Wildman–Crippen LogP) is 11.3. The Hall–Kier alpha value is -0.870. The van der Waals surface area contributed by atoms with Gasteiger partial charge in [0.15, 0.2) is 0 Å². The smallest absolute Gasteiger partial charge is 0.266 e. The van der Waals surface area contributed by atoms with E-state index in [1.54, 1.807) is 12.1 Å². The van der Waals surface area contributed by atoms with E-state index in [0.29, 0.717) is 6.61 Å². The molecule has 0 heterocycles. The lowest BCUT2D eigenvalue weighted by atomic mass is 10.0. The molecule has 0 radical (unpaired) electrons. The van der Waals surface area contributed by atoms with Crippen molar-refractivity contribution < 1.29 is 12.6 Å².